The average Bonchev–Trinajstić information content (AvgIpc) is 3.54. The Balaban J connectivity index is 1.10. The van der Waals surface area contributed by atoms with Gasteiger partial charge in [-0.3, -0.25) is 0 Å². The van der Waals surface area contributed by atoms with Crippen molar-refractivity contribution in [2.45, 2.75) is 96.5 Å². The molecule has 4 aliphatic carbocycles. The summed E-state index contributed by atoms with van der Waals surface area (Å²) in [5.74, 6) is 4.45. The Morgan fingerprint density at radius 1 is 0.969 bits per heavy atom. The van der Waals surface area contributed by atoms with Crippen LogP contribution in [-0.2, 0) is 4.74 Å². The molecule has 1 aromatic rings. The van der Waals surface area contributed by atoms with Crippen LogP contribution in [0.15, 0.2) is 23.0 Å². The highest BCUT2D eigenvalue weighted by atomic mass is 16.5. The highest BCUT2D eigenvalue weighted by Gasteiger charge is 2.60. The molecule has 0 spiro atoms. The van der Waals surface area contributed by atoms with Crippen LogP contribution in [0, 0.1) is 34.5 Å². The summed E-state index contributed by atoms with van der Waals surface area (Å²) in [7, 11) is 0. The third-order valence-corrected chi connectivity index (χ3v) is 11.5. The van der Waals surface area contributed by atoms with Gasteiger partial charge in [0.05, 0.1) is 25.2 Å². The summed E-state index contributed by atoms with van der Waals surface area (Å²) in [6.45, 7) is 10.0. The first-order valence-corrected chi connectivity index (χ1v) is 13.9. The molecule has 6 rings (SSSR count). The molecule has 1 saturated heterocycles. The predicted octanol–water partition coefficient (Wildman–Crippen LogP) is 6.89. The van der Waals surface area contributed by atoms with Crippen LogP contribution in [0.1, 0.15) is 96.0 Å². The first kappa shape index (κ1) is 21.7. The van der Waals surface area contributed by atoms with Gasteiger partial charge in [0, 0.05) is 6.54 Å². The zero-order chi connectivity index (χ0) is 21.8. The number of likely N-dealkylation sites (tertiary alicyclic amines) is 1. The van der Waals surface area contributed by atoms with E-state index in [0.29, 0.717) is 16.9 Å². The van der Waals surface area contributed by atoms with Gasteiger partial charge in [-0.15, -0.1) is 0 Å². The van der Waals surface area contributed by atoms with Gasteiger partial charge in [0.25, 0.3) is 0 Å². The molecular weight excluding hydrogens is 394 g/mol. The molecule has 5 aliphatic rings. The topological polar surface area (TPSA) is 25.6 Å². The maximum absolute atomic E-state index is 6.47. The van der Waals surface area contributed by atoms with Crippen LogP contribution in [0.5, 0.6) is 0 Å². The Bertz CT molecular complexity index is 770. The third-order valence-electron chi connectivity index (χ3n) is 11.5. The van der Waals surface area contributed by atoms with Crippen LogP contribution in [0.4, 0.5) is 0 Å². The van der Waals surface area contributed by atoms with Crippen molar-refractivity contribution in [3.05, 3.63) is 24.2 Å². The van der Waals surface area contributed by atoms with Crippen LogP contribution in [0.3, 0.4) is 0 Å². The van der Waals surface area contributed by atoms with Crippen LogP contribution < -0.4 is 0 Å². The van der Waals surface area contributed by atoms with Gasteiger partial charge in [0.1, 0.15) is 0 Å². The Kier molecular flexibility index (Phi) is 5.73. The lowest BCUT2D eigenvalue weighted by atomic mass is 9.44. The molecule has 5 fully saturated rings. The number of hydrogen-bond acceptors (Lipinski definition) is 3. The van der Waals surface area contributed by atoms with Crippen molar-refractivity contribution in [3.8, 4) is 0 Å². The summed E-state index contributed by atoms with van der Waals surface area (Å²) in [5, 5.41) is 0. The van der Waals surface area contributed by atoms with E-state index < -0.39 is 0 Å². The van der Waals surface area contributed by atoms with E-state index in [1.54, 1.807) is 0 Å². The Hall–Kier alpha value is -0.800. The van der Waals surface area contributed by atoms with Gasteiger partial charge in [-0.2, -0.15) is 0 Å². The van der Waals surface area contributed by atoms with E-state index in [1.807, 2.05) is 12.5 Å². The van der Waals surface area contributed by atoms with Gasteiger partial charge >= 0.3 is 0 Å². The monoisotopic (exact) mass is 439 g/mol. The normalized spacial score (nSPS) is 46.6. The lowest BCUT2D eigenvalue weighted by molar-refractivity contribution is -0.132. The minimum absolute atomic E-state index is 0.490. The number of nitrogens with zero attached hydrogens (tertiary/aromatic N) is 1. The lowest BCUT2D eigenvalue weighted by Crippen LogP contribution is -2.54. The Morgan fingerprint density at radius 3 is 2.59 bits per heavy atom. The number of hydrogen-bond donors (Lipinski definition) is 0. The number of rotatable bonds is 5. The van der Waals surface area contributed by atoms with Gasteiger partial charge in [-0.05, 0) is 136 Å². The predicted molar refractivity (Wildman–Crippen MR) is 129 cm³/mol. The molecule has 2 heterocycles. The zero-order valence-electron chi connectivity index (χ0n) is 20.6. The molecular formula is C29H45NO2. The van der Waals surface area contributed by atoms with E-state index in [2.05, 4.69) is 24.8 Å². The molecule has 0 unspecified atom stereocenters. The van der Waals surface area contributed by atoms with Gasteiger partial charge in [-0.25, -0.2) is 0 Å². The maximum atomic E-state index is 6.47. The van der Waals surface area contributed by atoms with Gasteiger partial charge < -0.3 is 14.1 Å². The first-order chi connectivity index (χ1) is 15.6. The Labute approximate surface area is 195 Å². The van der Waals surface area contributed by atoms with Crippen LogP contribution in [0.2, 0.25) is 0 Å². The van der Waals surface area contributed by atoms with E-state index in [-0.39, 0.29) is 0 Å². The second-order valence-corrected chi connectivity index (χ2v) is 12.7. The minimum Gasteiger partial charge on any atom is -0.472 e. The summed E-state index contributed by atoms with van der Waals surface area (Å²) in [6.07, 6.45) is 19.9. The average molecular weight is 440 g/mol. The molecule has 178 valence electrons. The van der Waals surface area contributed by atoms with Gasteiger partial charge in [0.2, 0.25) is 0 Å². The second kappa shape index (κ2) is 8.45. The summed E-state index contributed by atoms with van der Waals surface area (Å²) >= 11 is 0. The quantitative estimate of drug-likeness (QED) is 0.500. The van der Waals surface area contributed by atoms with E-state index >= 15 is 0 Å². The molecule has 4 saturated carbocycles. The van der Waals surface area contributed by atoms with Crippen molar-refractivity contribution in [1.29, 1.82) is 0 Å². The summed E-state index contributed by atoms with van der Waals surface area (Å²) in [6, 6.07) is 2.24. The molecule has 0 radical (unpaired) electrons. The number of ether oxygens (including phenoxy) is 1. The van der Waals surface area contributed by atoms with Crippen LogP contribution >= 0.6 is 0 Å². The Morgan fingerprint density at radius 2 is 1.78 bits per heavy atom. The van der Waals surface area contributed by atoms with Gasteiger partial charge in [0.15, 0.2) is 0 Å². The van der Waals surface area contributed by atoms with Crippen molar-refractivity contribution in [3.63, 3.8) is 0 Å². The first-order valence-electron chi connectivity index (χ1n) is 13.9. The summed E-state index contributed by atoms with van der Waals surface area (Å²) in [4.78, 5) is 2.59. The highest BCUT2D eigenvalue weighted by Crippen LogP contribution is 2.69. The second-order valence-electron chi connectivity index (χ2n) is 12.7. The number of fused-ring (bicyclic) bond motifs is 5. The molecule has 8 atom stereocenters. The van der Waals surface area contributed by atoms with Crippen LogP contribution in [0.25, 0.3) is 0 Å². The molecule has 0 N–H and O–H groups in total. The lowest BCUT2D eigenvalue weighted by Gasteiger charge is -2.61. The maximum Gasteiger partial charge on any atom is 0.0937 e. The minimum atomic E-state index is 0.490. The molecule has 0 amide bonds. The van der Waals surface area contributed by atoms with E-state index in [4.69, 9.17) is 9.15 Å². The SMILES string of the molecule is C[C@]12CC[C@H](OCCN3CCCC3)C[C@H]1CC[C@@H]1[C@@H]2CC[C@]2(C)[C@@H](c3ccoc3)CC[C@@H]12. The largest absolute Gasteiger partial charge is 0.472 e. The van der Waals surface area contributed by atoms with E-state index in [9.17, 15) is 0 Å². The van der Waals surface area contributed by atoms with Crippen molar-refractivity contribution in [2.75, 3.05) is 26.2 Å². The van der Waals surface area contributed by atoms with Crippen LogP contribution in [-0.4, -0.2) is 37.2 Å². The smallest absolute Gasteiger partial charge is 0.0937 e. The molecule has 3 nitrogen and oxygen atoms in total. The van der Waals surface area contributed by atoms with Crippen molar-refractivity contribution in [2.24, 2.45) is 34.5 Å². The zero-order valence-corrected chi connectivity index (χ0v) is 20.6. The fourth-order valence-corrected chi connectivity index (χ4v) is 9.75. The van der Waals surface area contributed by atoms with E-state index in [1.165, 1.54) is 89.3 Å². The standard InChI is InChI=1S/C29H45NO2/c1-28-12-9-23(32-18-16-30-14-3-4-15-30)19-22(28)5-6-24-26-8-7-25(21-11-17-31-20-21)29(26,2)13-10-27(24)28/h11,17,20,22-27H,3-10,12-16,18-19H2,1-2H3/t22-,23+,24+,25-,26+,27+,28+,29-/m1/s1. The fourth-order valence-electron chi connectivity index (χ4n) is 9.75. The van der Waals surface area contributed by atoms with Crippen molar-refractivity contribution >= 4 is 0 Å². The summed E-state index contributed by atoms with van der Waals surface area (Å²) < 4.78 is 12.0. The molecule has 0 aromatic carbocycles. The number of furan rings is 1. The molecule has 32 heavy (non-hydrogen) atoms. The van der Waals surface area contributed by atoms with Crippen molar-refractivity contribution in [1.82, 2.24) is 4.90 Å². The third kappa shape index (κ3) is 3.52. The molecule has 1 aromatic heterocycles. The molecule has 3 heteroatoms. The van der Waals surface area contributed by atoms with E-state index in [0.717, 1.165) is 42.7 Å². The fraction of sp³-hybridized carbons (Fsp3) is 0.862. The van der Waals surface area contributed by atoms with Gasteiger partial charge in [-0.1, -0.05) is 13.8 Å². The highest BCUT2D eigenvalue weighted by molar-refractivity contribution is 5.22. The summed E-state index contributed by atoms with van der Waals surface area (Å²) in [5.41, 5.74) is 2.52. The molecule has 0 bridgehead atoms. The molecule has 1 aliphatic heterocycles. The van der Waals surface area contributed by atoms with Crippen molar-refractivity contribution < 1.29 is 9.15 Å².